The third kappa shape index (κ3) is 5.98. The van der Waals surface area contributed by atoms with Gasteiger partial charge in [0.25, 0.3) is 0 Å². The molecule has 0 fully saturated rings. The summed E-state index contributed by atoms with van der Waals surface area (Å²) in [5.41, 5.74) is 1.06. The number of hydrogen-bond donors (Lipinski definition) is 0. The molecule has 0 amide bonds. The molecular weight excluding hydrogens is 268 g/mol. The Morgan fingerprint density at radius 2 is 1.43 bits per heavy atom. The van der Waals surface area contributed by atoms with Crippen molar-refractivity contribution in [3.05, 3.63) is 23.8 Å². The van der Waals surface area contributed by atoms with Crippen molar-refractivity contribution in [2.75, 3.05) is 0 Å². The van der Waals surface area contributed by atoms with Crippen LogP contribution in [-0.2, 0) is 16.0 Å². The van der Waals surface area contributed by atoms with E-state index in [1.807, 2.05) is 19.9 Å². The minimum atomic E-state index is -0.312. The Bertz CT molecular complexity index is 480. The Labute approximate surface area is 126 Å². The Balaban J connectivity index is 2.93. The summed E-state index contributed by atoms with van der Waals surface area (Å²) in [4.78, 5) is 23.3. The largest absolute Gasteiger partial charge is 0.423 e. The third-order valence-electron chi connectivity index (χ3n) is 2.90. The van der Waals surface area contributed by atoms with E-state index in [-0.39, 0.29) is 11.9 Å². The maximum Gasteiger partial charge on any atom is 0.311 e. The number of carbonyl (C=O) groups is 2. The van der Waals surface area contributed by atoms with Crippen LogP contribution in [0.1, 0.15) is 58.4 Å². The van der Waals surface area contributed by atoms with Crippen LogP contribution in [0.4, 0.5) is 0 Å². The lowest BCUT2D eigenvalue weighted by molar-refractivity contribution is -0.137. The van der Waals surface area contributed by atoms with Gasteiger partial charge in [-0.1, -0.05) is 33.3 Å². The molecule has 0 unspecified atom stereocenters. The van der Waals surface area contributed by atoms with Crippen molar-refractivity contribution < 1.29 is 19.1 Å². The first-order chi connectivity index (χ1) is 10.1. The van der Waals surface area contributed by atoms with Crippen molar-refractivity contribution in [2.24, 2.45) is 0 Å². The molecule has 0 bridgehead atoms. The molecule has 0 N–H and O–H groups in total. The minimum Gasteiger partial charge on any atom is -0.423 e. The SMILES string of the molecule is CCCC(=O)Oc1ccc(CCC)cc1OC(=O)CCC. The van der Waals surface area contributed by atoms with Crippen LogP contribution < -0.4 is 9.47 Å². The van der Waals surface area contributed by atoms with Crippen molar-refractivity contribution in [1.82, 2.24) is 0 Å². The van der Waals surface area contributed by atoms with Gasteiger partial charge in [-0.15, -0.1) is 0 Å². The number of ether oxygens (including phenoxy) is 2. The van der Waals surface area contributed by atoms with Gasteiger partial charge in [0.1, 0.15) is 0 Å². The predicted molar refractivity (Wildman–Crippen MR) is 81.5 cm³/mol. The summed E-state index contributed by atoms with van der Waals surface area (Å²) in [5.74, 6) is 0.0362. The van der Waals surface area contributed by atoms with E-state index in [1.54, 1.807) is 12.1 Å². The lowest BCUT2D eigenvalue weighted by Crippen LogP contribution is -2.11. The fraction of sp³-hybridized carbons (Fsp3) is 0.529. The summed E-state index contributed by atoms with van der Waals surface area (Å²) in [6, 6.07) is 5.38. The number of benzene rings is 1. The minimum absolute atomic E-state index is 0.307. The second kappa shape index (κ2) is 9.16. The van der Waals surface area contributed by atoms with Gasteiger partial charge in [-0.2, -0.15) is 0 Å². The third-order valence-corrected chi connectivity index (χ3v) is 2.90. The molecule has 0 saturated heterocycles. The van der Waals surface area contributed by atoms with Gasteiger partial charge in [-0.05, 0) is 37.0 Å². The zero-order valence-corrected chi connectivity index (χ0v) is 13.1. The second-order valence-electron chi connectivity index (χ2n) is 4.98. The Kier molecular flexibility index (Phi) is 7.51. The summed E-state index contributed by atoms with van der Waals surface area (Å²) in [6.45, 7) is 5.91. The van der Waals surface area contributed by atoms with Gasteiger partial charge >= 0.3 is 11.9 Å². The van der Waals surface area contributed by atoms with E-state index in [0.29, 0.717) is 24.3 Å². The highest BCUT2D eigenvalue weighted by molar-refractivity contribution is 5.76. The van der Waals surface area contributed by atoms with Crippen molar-refractivity contribution in [2.45, 2.75) is 59.3 Å². The molecule has 21 heavy (non-hydrogen) atoms. The average Bonchev–Trinajstić information content (AvgIpc) is 2.42. The standard InChI is InChI=1S/C17H24O4/c1-4-7-13-10-11-14(20-16(18)8-5-2)15(12-13)21-17(19)9-6-3/h10-12H,4-9H2,1-3H3. The fourth-order valence-electron chi connectivity index (χ4n) is 1.92. The van der Waals surface area contributed by atoms with E-state index in [9.17, 15) is 9.59 Å². The first kappa shape index (κ1) is 17.2. The van der Waals surface area contributed by atoms with E-state index in [0.717, 1.165) is 31.2 Å². The highest BCUT2D eigenvalue weighted by Crippen LogP contribution is 2.30. The van der Waals surface area contributed by atoms with E-state index >= 15 is 0 Å². The first-order valence-electron chi connectivity index (χ1n) is 7.64. The van der Waals surface area contributed by atoms with E-state index in [1.165, 1.54) is 0 Å². The molecule has 0 aliphatic carbocycles. The molecule has 1 rings (SSSR count). The molecule has 4 nitrogen and oxygen atoms in total. The molecule has 1 aromatic carbocycles. The Morgan fingerprint density at radius 3 is 1.95 bits per heavy atom. The van der Waals surface area contributed by atoms with Crippen LogP contribution in [0.25, 0.3) is 0 Å². The van der Waals surface area contributed by atoms with Gasteiger partial charge in [-0.3, -0.25) is 9.59 Å². The fourth-order valence-corrected chi connectivity index (χ4v) is 1.92. The number of rotatable bonds is 8. The second-order valence-corrected chi connectivity index (χ2v) is 4.98. The molecule has 4 heteroatoms. The van der Waals surface area contributed by atoms with Crippen LogP contribution in [0.5, 0.6) is 11.5 Å². The van der Waals surface area contributed by atoms with Crippen LogP contribution in [0.3, 0.4) is 0 Å². The number of esters is 2. The molecule has 0 saturated carbocycles. The van der Waals surface area contributed by atoms with Crippen molar-refractivity contribution in [1.29, 1.82) is 0 Å². The smallest absolute Gasteiger partial charge is 0.311 e. The van der Waals surface area contributed by atoms with Crippen molar-refractivity contribution >= 4 is 11.9 Å². The summed E-state index contributed by atoms with van der Waals surface area (Å²) in [5, 5.41) is 0. The van der Waals surface area contributed by atoms with Gasteiger partial charge in [-0.25, -0.2) is 0 Å². The van der Waals surface area contributed by atoms with Gasteiger partial charge in [0.05, 0.1) is 0 Å². The summed E-state index contributed by atoms with van der Waals surface area (Å²) >= 11 is 0. The molecule has 0 radical (unpaired) electrons. The number of hydrogen-bond acceptors (Lipinski definition) is 4. The van der Waals surface area contributed by atoms with Crippen LogP contribution in [-0.4, -0.2) is 11.9 Å². The maximum absolute atomic E-state index is 11.7. The topological polar surface area (TPSA) is 52.6 Å². The van der Waals surface area contributed by atoms with Crippen LogP contribution >= 0.6 is 0 Å². The van der Waals surface area contributed by atoms with Crippen LogP contribution in [0, 0.1) is 0 Å². The monoisotopic (exact) mass is 292 g/mol. The Morgan fingerprint density at radius 1 is 0.857 bits per heavy atom. The van der Waals surface area contributed by atoms with Gasteiger partial charge < -0.3 is 9.47 Å². The van der Waals surface area contributed by atoms with Gasteiger partial charge in [0.15, 0.2) is 11.5 Å². The maximum atomic E-state index is 11.7. The Hall–Kier alpha value is -1.84. The zero-order chi connectivity index (χ0) is 15.7. The van der Waals surface area contributed by atoms with Crippen LogP contribution in [0.2, 0.25) is 0 Å². The molecule has 0 aliphatic rings. The van der Waals surface area contributed by atoms with E-state index < -0.39 is 0 Å². The molecule has 0 aromatic heterocycles. The highest BCUT2D eigenvalue weighted by atomic mass is 16.6. The number of aryl methyl sites for hydroxylation is 1. The lowest BCUT2D eigenvalue weighted by atomic mass is 10.1. The van der Waals surface area contributed by atoms with E-state index in [4.69, 9.17) is 9.47 Å². The molecule has 0 spiro atoms. The lowest BCUT2D eigenvalue weighted by Gasteiger charge is -2.12. The number of carbonyl (C=O) groups excluding carboxylic acids is 2. The van der Waals surface area contributed by atoms with E-state index in [2.05, 4.69) is 6.92 Å². The molecule has 116 valence electrons. The molecule has 0 heterocycles. The average molecular weight is 292 g/mol. The molecule has 0 aliphatic heterocycles. The molecule has 1 aromatic rings. The zero-order valence-electron chi connectivity index (χ0n) is 13.1. The molecular formula is C17H24O4. The first-order valence-corrected chi connectivity index (χ1v) is 7.64. The van der Waals surface area contributed by atoms with Crippen LogP contribution in [0.15, 0.2) is 18.2 Å². The highest BCUT2D eigenvalue weighted by Gasteiger charge is 2.14. The van der Waals surface area contributed by atoms with Gasteiger partial charge in [0, 0.05) is 12.8 Å². The van der Waals surface area contributed by atoms with Crippen molar-refractivity contribution in [3.8, 4) is 11.5 Å². The summed E-state index contributed by atoms with van der Waals surface area (Å²) in [7, 11) is 0. The normalized spacial score (nSPS) is 10.2. The summed E-state index contributed by atoms with van der Waals surface area (Å²) in [6.07, 6.45) is 4.02. The quantitative estimate of drug-likeness (QED) is 0.536. The summed E-state index contributed by atoms with van der Waals surface area (Å²) < 4.78 is 10.6. The molecule has 0 atom stereocenters. The van der Waals surface area contributed by atoms with Crippen molar-refractivity contribution in [3.63, 3.8) is 0 Å². The predicted octanol–water partition coefficient (Wildman–Crippen LogP) is 4.05. The van der Waals surface area contributed by atoms with Gasteiger partial charge in [0.2, 0.25) is 0 Å².